The van der Waals surface area contributed by atoms with E-state index in [9.17, 15) is 0 Å². The number of anilines is 1. The molecule has 1 atom stereocenters. The molecule has 2 aromatic rings. The van der Waals surface area contributed by atoms with Crippen LogP contribution >= 0.6 is 15.9 Å². The van der Waals surface area contributed by atoms with Crippen LogP contribution in [0, 0.1) is 0 Å². The van der Waals surface area contributed by atoms with E-state index in [0.29, 0.717) is 0 Å². The third-order valence-corrected chi connectivity index (χ3v) is 2.53. The molecule has 16 heavy (non-hydrogen) atoms. The summed E-state index contributed by atoms with van der Waals surface area (Å²) in [5.41, 5.74) is 0. The van der Waals surface area contributed by atoms with Crippen LogP contribution in [-0.2, 0) is 6.54 Å². The van der Waals surface area contributed by atoms with Crippen molar-refractivity contribution in [2.75, 3.05) is 5.32 Å². The molecule has 0 saturated carbocycles. The van der Waals surface area contributed by atoms with E-state index in [1.54, 1.807) is 12.4 Å². The van der Waals surface area contributed by atoms with Crippen LogP contribution in [0.5, 0.6) is 0 Å². The van der Waals surface area contributed by atoms with Crippen LogP contribution in [0.15, 0.2) is 41.3 Å². The molecule has 1 N–H and O–H groups in total. The number of nitrogens with one attached hydrogen (secondary N) is 1. The van der Waals surface area contributed by atoms with Gasteiger partial charge in [-0.05, 0) is 35.0 Å². The van der Waals surface area contributed by atoms with E-state index < -0.39 is 0 Å². The minimum atomic E-state index is 0.279. The second-order valence-corrected chi connectivity index (χ2v) is 4.56. The number of aromatic nitrogens is 3. The molecule has 0 aliphatic carbocycles. The molecular formula is C11H13BrN4. The zero-order valence-electron chi connectivity index (χ0n) is 8.97. The maximum atomic E-state index is 4.22. The van der Waals surface area contributed by atoms with Crippen molar-refractivity contribution in [3.63, 3.8) is 0 Å². The normalized spacial score (nSPS) is 12.4. The summed E-state index contributed by atoms with van der Waals surface area (Å²) in [5.74, 6) is 0.890. The van der Waals surface area contributed by atoms with E-state index in [1.807, 2.05) is 29.1 Å². The predicted octanol–water partition coefficient (Wildman–Crippen LogP) is 2.54. The second kappa shape index (κ2) is 5.12. The lowest BCUT2D eigenvalue weighted by molar-refractivity contribution is 0.559. The van der Waals surface area contributed by atoms with Gasteiger partial charge in [-0.3, -0.25) is 4.68 Å². The van der Waals surface area contributed by atoms with Crippen LogP contribution < -0.4 is 5.32 Å². The molecule has 0 saturated heterocycles. The van der Waals surface area contributed by atoms with E-state index in [2.05, 4.69) is 38.3 Å². The molecular weight excluding hydrogens is 268 g/mol. The van der Waals surface area contributed by atoms with Crippen LogP contribution in [0.2, 0.25) is 0 Å². The summed E-state index contributed by atoms with van der Waals surface area (Å²) in [6.45, 7) is 2.91. The quantitative estimate of drug-likeness (QED) is 0.936. The lowest BCUT2D eigenvalue weighted by Crippen LogP contribution is -2.22. The first-order valence-electron chi connectivity index (χ1n) is 5.09. The van der Waals surface area contributed by atoms with E-state index in [4.69, 9.17) is 0 Å². The number of pyridine rings is 1. The number of halogens is 1. The van der Waals surface area contributed by atoms with Crippen LogP contribution in [0.3, 0.4) is 0 Å². The Labute approximate surface area is 103 Å². The first-order valence-corrected chi connectivity index (χ1v) is 5.89. The molecule has 0 aliphatic heterocycles. The molecule has 0 radical (unpaired) electrons. The molecule has 5 heteroatoms. The molecule has 2 aromatic heterocycles. The standard InChI is InChI=1S/C11H13BrN4/c1-9(7-16-8-10(12)6-14-16)15-11-4-2-3-5-13-11/h2-6,8-9H,7H2,1H3,(H,13,15). The largest absolute Gasteiger partial charge is 0.366 e. The van der Waals surface area contributed by atoms with Gasteiger partial charge in [-0.15, -0.1) is 0 Å². The van der Waals surface area contributed by atoms with Crippen molar-refractivity contribution >= 4 is 21.7 Å². The fourth-order valence-corrected chi connectivity index (χ4v) is 1.79. The summed E-state index contributed by atoms with van der Waals surface area (Å²) in [7, 11) is 0. The molecule has 84 valence electrons. The van der Waals surface area contributed by atoms with Gasteiger partial charge in [0, 0.05) is 18.4 Å². The predicted molar refractivity (Wildman–Crippen MR) is 67.2 cm³/mol. The lowest BCUT2D eigenvalue weighted by atomic mass is 10.3. The van der Waals surface area contributed by atoms with Crippen LogP contribution in [0.4, 0.5) is 5.82 Å². The van der Waals surface area contributed by atoms with Gasteiger partial charge in [-0.1, -0.05) is 6.07 Å². The second-order valence-electron chi connectivity index (χ2n) is 3.64. The molecule has 0 aromatic carbocycles. The summed E-state index contributed by atoms with van der Waals surface area (Å²) >= 11 is 3.37. The lowest BCUT2D eigenvalue weighted by Gasteiger charge is -2.14. The maximum Gasteiger partial charge on any atom is 0.126 e. The SMILES string of the molecule is CC(Cn1cc(Br)cn1)Nc1ccccn1. The van der Waals surface area contributed by atoms with E-state index in [1.165, 1.54) is 0 Å². The minimum Gasteiger partial charge on any atom is -0.366 e. The molecule has 0 amide bonds. The molecule has 0 spiro atoms. The number of rotatable bonds is 4. The van der Waals surface area contributed by atoms with Crippen molar-refractivity contribution in [3.8, 4) is 0 Å². The Morgan fingerprint density at radius 3 is 3.00 bits per heavy atom. The molecule has 1 unspecified atom stereocenters. The summed E-state index contributed by atoms with van der Waals surface area (Å²) in [6.07, 6.45) is 5.52. The Balaban J connectivity index is 1.92. The van der Waals surface area contributed by atoms with Gasteiger partial charge in [0.05, 0.1) is 17.2 Å². The zero-order valence-corrected chi connectivity index (χ0v) is 10.6. The Morgan fingerprint density at radius 2 is 2.38 bits per heavy atom. The van der Waals surface area contributed by atoms with Crippen molar-refractivity contribution in [3.05, 3.63) is 41.3 Å². The average molecular weight is 281 g/mol. The number of hydrogen-bond donors (Lipinski definition) is 1. The fourth-order valence-electron chi connectivity index (χ4n) is 1.47. The average Bonchev–Trinajstić information content (AvgIpc) is 2.65. The fraction of sp³-hybridized carbons (Fsp3) is 0.273. The minimum absolute atomic E-state index is 0.279. The Hall–Kier alpha value is -1.36. The van der Waals surface area contributed by atoms with Crippen molar-refractivity contribution in [2.24, 2.45) is 0 Å². The van der Waals surface area contributed by atoms with Gasteiger partial charge in [0.25, 0.3) is 0 Å². The topological polar surface area (TPSA) is 42.7 Å². The highest BCUT2D eigenvalue weighted by Crippen LogP contribution is 2.08. The highest BCUT2D eigenvalue weighted by Gasteiger charge is 2.04. The molecule has 0 fully saturated rings. The molecule has 0 bridgehead atoms. The van der Waals surface area contributed by atoms with Crippen LogP contribution in [0.25, 0.3) is 0 Å². The molecule has 2 heterocycles. The Morgan fingerprint density at radius 1 is 1.50 bits per heavy atom. The van der Waals surface area contributed by atoms with E-state index >= 15 is 0 Å². The first-order chi connectivity index (χ1) is 7.74. The summed E-state index contributed by atoms with van der Waals surface area (Å²) in [4.78, 5) is 4.22. The Bertz CT molecular complexity index is 440. The highest BCUT2D eigenvalue weighted by molar-refractivity contribution is 9.10. The molecule has 2 rings (SSSR count). The van der Waals surface area contributed by atoms with Crippen molar-refractivity contribution in [1.29, 1.82) is 0 Å². The van der Waals surface area contributed by atoms with Gasteiger partial charge >= 0.3 is 0 Å². The molecule has 0 aliphatic rings. The monoisotopic (exact) mass is 280 g/mol. The van der Waals surface area contributed by atoms with Crippen molar-refractivity contribution in [2.45, 2.75) is 19.5 Å². The Kier molecular flexibility index (Phi) is 3.56. The first kappa shape index (κ1) is 11.1. The van der Waals surface area contributed by atoms with Crippen molar-refractivity contribution in [1.82, 2.24) is 14.8 Å². The van der Waals surface area contributed by atoms with E-state index in [-0.39, 0.29) is 6.04 Å². The smallest absolute Gasteiger partial charge is 0.126 e. The van der Waals surface area contributed by atoms with Gasteiger partial charge in [0.15, 0.2) is 0 Å². The molecule has 4 nitrogen and oxygen atoms in total. The highest BCUT2D eigenvalue weighted by atomic mass is 79.9. The van der Waals surface area contributed by atoms with Gasteiger partial charge in [-0.25, -0.2) is 4.98 Å². The van der Waals surface area contributed by atoms with E-state index in [0.717, 1.165) is 16.8 Å². The van der Waals surface area contributed by atoms with Gasteiger partial charge < -0.3 is 5.32 Å². The zero-order chi connectivity index (χ0) is 11.4. The maximum absolute atomic E-state index is 4.22. The third kappa shape index (κ3) is 3.06. The van der Waals surface area contributed by atoms with Gasteiger partial charge in [-0.2, -0.15) is 5.10 Å². The van der Waals surface area contributed by atoms with Crippen LogP contribution in [0.1, 0.15) is 6.92 Å². The number of nitrogens with zero attached hydrogens (tertiary/aromatic N) is 3. The third-order valence-electron chi connectivity index (χ3n) is 2.12. The van der Waals surface area contributed by atoms with Crippen molar-refractivity contribution < 1.29 is 0 Å². The number of hydrogen-bond acceptors (Lipinski definition) is 3. The van der Waals surface area contributed by atoms with Gasteiger partial charge in [0.1, 0.15) is 5.82 Å². The van der Waals surface area contributed by atoms with Gasteiger partial charge in [0.2, 0.25) is 0 Å². The summed E-state index contributed by atoms with van der Waals surface area (Å²) in [6, 6.07) is 6.10. The summed E-state index contributed by atoms with van der Waals surface area (Å²) < 4.78 is 2.89. The van der Waals surface area contributed by atoms with Crippen LogP contribution in [-0.4, -0.2) is 20.8 Å². The summed E-state index contributed by atoms with van der Waals surface area (Å²) in [5, 5.41) is 7.52.